The third kappa shape index (κ3) is 7.66. The molecule has 0 aromatic carbocycles. The Morgan fingerprint density at radius 3 is 2.33 bits per heavy atom. The topological polar surface area (TPSA) is 29.9 Å². The summed E-state index contributed by atoms with van der Waals surface area (Å²) in [5.74, 6) is 0. The average molecular weight is 293 g/mol. The summed E-state index contributed by atoms with van der Waals surface area (Å²) in [6.45, 7) is 8.70. The summed E-state index contributed by atoms with van der Waals surface area (Å²) in [4.78, 5) is 0. The van der Waals surface area contributed by atoms with E-state index in [0.717, 1.165) is 13.1 Å². The molecule has 1 aromatic rings. The minimum Gasteiger partial charge on any atom is -0.310 e. The smallest absolute Gasteiger partial charge is 0.0537 e. The first-order valence-corrected chi connectivity index (χ1v) is 9.07. The van der Waals surface area contributed by atoms with E-state index in [2.05, 4.69) is 37.4 Å². The lowest BCUT2D eigenvalue weighted by Crippen LogP contribution is -2.21. The van der Waals surface area contributed by atoms with E-state index < -0.39 is 0 Å². The lowest BCUT2D eigenvalue weighted by Gasteiger charge is -2.17. The Hall–Kier alpha value is -0.830. The van der Waals surface area contributed by atoms with E-state index in [1.165, 1.54) is 63.4 Å². The normalized spacial score (nSPS) is 12.7. The first kappa shape index (κ1) is 18.2. The molecular weight excluding hydrogens is 258 g/mol. The van der Waals surface area contributed by atoms with Crippen LogP contribution >= 0.6 is 0 Å². The van der Waals surface area contributed by atoms with Crippen LogP contribution in [-0.4, -0.2) is 16.3 Å². The highest BCUT2D eigenvalue weighted by Crippen LogP contribution is 2.20. The summed E-state index contributed by atoms with van der Waals surface area (Å²) in [7, 11) is 0. The molecule has 21 heavy (non-hydrogen) atoms. The van der Waals surface area contributed by atoms with Crippen molar-refractivity contribution in [2.24, 2.45) is 0 Å². The molecule has 0 aliphatic carbocycles. The Morgan fingerprint density at radius 1 is 1.00 bits per heavy atom. The minimum absolute atomic E-state index is 0.487. The van der Waals surface area contributed by atoms with E-state index in [1.54, 1.807) is 0 Å². The molecule has 1 unspecified atom stereocenters. The predicted octanol–water partition coefficient (Wildman–Crippen LogP) is 5.08. The molecule has 0 saturated heterocycles. The number of nitrogens with one attached hydrogen (secondary N) is 1. The van der Waals surface area contributed by atoms with E-state index in [1.807, 2.05) is 10.9 Å². The molecule has 1 aromatic heterocycles. The van der Waals surface area contributed by atoms with Crippen LogP contribution < -0.4 is 5.32 Å². The summed E-state index contributed by atoms with van der Waals surface area (Å²) >= 11 is 0. The number of hydrogen-bond acceptors (Lipinski definition) is 2. The van der Waals surface area contributed by atoms with Crippen molar-refractivity contribution in [1.29, 1.82) is 0 Å². The van der Waals surface area contributed by atoms with Gasteiger partial charge in [-0.15, -0.1) is 0 Å². The number of nitrogens with zero attached hydrogens (tertiary/aromatic N) is 2. The molecule has 0 aliphatic rings. The van der Waals surface area contributed by atoms with Crippen LogP contribution in [0, 0.1) is 0 Å². The molecule has 0 bridgehead atoms. The maximum atomic E-state index is 4.42. The zero-order valence-corrected chi connectivity index (χ0v) is 14.4. The highest BCUT2D eigenvalue weighted by Gasteiger charge is 2.12. The van der Waals surface area contributed by atoms with Crippen molar-refractivity contribution in [3.8, 4) is 0 Å². The standard InChI is InChI=1S/C18H35N3/c1-4-7-8-9-10-11-12-13-18(19-14-5-2)17-15-20-21(6-3)16-17/h15-16,18-19H,4-14H2,1-3H3. The van der Waals surface area contributed by atoms with Crippen molar-refractivity contribution in [3.05, 3.63) is 18.0 Å². The molecule has 1 rings (SSSR count). The molecule has 1 atom stereocenters. The summed E-state index contributed by atoms with van der Waals surface area (Å²) in [5, 5.41) is 8.10. The Balaban J connectivity index is 2.29. The highest BCUT2D eigenvalue weighted by molar-refractivity contribution is 5.10. The predicted molar refractivity (Wildman–Crippen MR) is 91.5 cm³/mol. The molecule has 3 nitrogen and oxygen atoms in total. The second-order valence-electron chi connectivity index (χ2n) is 6.05. The van der Waals surface area contributed by atoms with Crippen molar-refractivity contribution in [2.45, 2.75) is 91.1 Å². The maximum absolute atomic E-state index is 4.42. The largest absolute Gasteiger partial charge is 0.310 e. The van der Waals surface area contributed by atoms with Crippen molar-refractivity contribution >= 4 is 0 Å². The van der Waals surface area contributed by atoms with Crippen LogP contribution in [0.15, 0.2) is 12.4 Å². The Morgan fingerprint density at radius 2 is 1.71 bits per heavy atom. The summed E-state index contributed by atoms with van der Waals surface area (Å²) in [6.07, 6.45) is 16.3. The first-order chi connectivity index (χ1) is 10.3. The Bertz CT molecular complexity index is 346. The monoisotopic (exact) mass is 293 g/mol. The molecule has 1 N–H and O–H groups in total. The SMILES string of the molecule is CCCCCCCCCC(NCCC)c1cnn(CC)c1. The van der Waals surface area contributed by atoms with E-state index in [4.69, 9.17) is 0 Å². The van der Waals surface area contributed by atoms with Gasteiger partial charge in [-0.1, -0.05) is 58.8 Å². The van der Waals surface area contributed by atoms with Gasteiger partial charge < -0.3 is 5.32 Å². The Labute approximate surface area is 131 Å². The van der Waals surface area contributed by atoms with E-state index in [-0.39, 0.29) is 0 Å². The Kier molecular flexibility index (Phi) is 10.2. The van der Waals surface area contributed by atoms with Gasteiger partial charge in [0.2, 0.25) is 0 Å². The molecule has 1 heterocycles. The number of hydrogen-bond donors (Lipinski definition) is 1. The maximum Gasteiger partial charge on any atom is 0.0537 e. The van der Waals surface area contributed by atoms with Crippen LogP contribution in [0.1, 0.15) is 90.2 Å². The van der Waals surface area contributed by atoms with Gasteiger partial charge in [0.05, 0.1) is 6.20 Å². The van der Waals surface area contributed by atoms with Crippen LogP contribution in [0.5, 0.6) is 0 Å². The number of aromatic nitrogens is 2. The van der Waals surface area contributed by atoms with Crippen LogP contribution in [-0.2, 0) is 6.54 Å². The fraction of sp³-hybridized carbons (Fsp3) is 0.833. The van der Waals surface area contributed by atoms with Gasteiger partial charge in [-0.2, -0.15) is 5.10 Å². The second kappa shape index (κ2) is 11.8. The lowest BCUT2D eigenvalue weighted by molar-refractivity contribution is 0.465. The zero-order chi connectivity index (χ0) is 15.3. The number of rotatable bonds is 13. The fourth-order valence-corrected chi connectivity index (χ4v) is 2.74. The second-order valence-corrected chi connectivity index (χ2v) is 6.05. The third-order valence-corrected chi connectivity index (χ3v) is 4.12. The van der Waals surface area contributed by atoms with Crippen LogP contribution in [0.25, 0.3) is 0 Å². The third-order valence-electron chi connectivity index (χ3n) is 4.12. The molecular formula is C18H35N3. The van der Waals surface area contributed by atoms with Crippen molar-refractivity contribution in [1.82, 2.24) is 15.1 Å². The molecule has 3 heteroatoms. The van der Waals surface area contributed by atoms with Gasteiger partial charge in [0.25, 0.3) is 0 Å². The van der Waals surface area contributed by atoms with Crippen LogP contribution in [0.3, 0.4) is 0 Å². The average Bonchev–Trinajstić information content (AvgIpc) is 2.98. The van der Waals surface area contributed by atoms with Gasteiger partial charge in [-0.25, -0.2) is 0 Å². The van der Waals surface area contributed by atoms with Gasteiger partial charge in [-0.05, 0) is 26.3 Å². The lowest BCUT2D eigenvalue weighted by atomic mass is 10.0. The molecule has 0 radical (unpaired) electrons. The van der Waals surface area contributed by atoms with Crippen LogP contribution in [0.4, 0.5) is 0 Å². The molecule has 0 saturated carbocycles. The molecule has 0 amide bonds. The van der Waals surface area contributed by atoms with Crippen molar-refractivity contribution in [3.63, 3.8) is 0 Å². The van der Waals surface area contributed by atoms with Crippen molar-refractivity contribution in [2.75, 3.05) is 6.54 Å². The van der Waals surface area contributed by atoms with Crippen LogP contribution in [0.2, 0.25) is 0 Å². The van der Waals surface area contributed by atoms with Gasteiger partial charge in [-0.3, -0.25) is 4.68 Å². The van der Waals surface area contributed by atoms with E-state index in [0.29, 0.717) is 6.04 Å². The summed E-state index contributed by atoms with van der Waals surface area (Å²) in [5.41, 5.74) is 1.36. The molecule has 0 fully saturated rings. The summed E-state index contributed by atoms with van der Waals surface area (Å²) in [6, 6.07) is 0.487. The van der Waals surface area contributed by atoms with Gasteiger partial charge in [0, 0.05) is 24.3 Å². The number of unbranched alkanes of at least 4 members (excludes halogenated alkanes) is 6. The zero-order valence-electron chi connectivity index (χ0n) is 14.4. The first-order valence-electron chi connectivity index (χ1n) is 9.07. The van der Waals surface area contributed by atoms with Gasteiger partial charge >= 0.3 is 0 Å². The summed E-state index contributed by atoms with van der Waals surface area (Å²) < 4.78 is 2.03. The van der Waals surface area contributed by atoms with E-state index >= 15 is 0 Å². The van der Waals surface area contributed by atoms with Gasteiger partial charge in [0.1, 0.15) is 0 Å². The molecule has 0 aliphatic heterocycles. The highest BCUT2D eigenvalue weighted by atomic mass is 15.3. The quantitative estimate of drug-likeness (QED) is 0.514. The van der Waals surface area contributed by atoms with Gasteiger partial charge in [0.15, 0.2) is 0 Å². The minimum atomic E-state index is 0.487. The fourth-order valence-electron chi connectivity index (χ4n) is 2.74. The molecule has 122 valence electrons. The van der Waals surface area contributed by atoms with Crippen molar-refractivity contribution < 1.29 is 0 Å². The number of aryl methyl sites for hydroxylation is 1. The van der Waals surface area contributed by atoms with E-state index in [9.17, 15) is 0 Å². The molecule has 0 spiro atoms.